The van der Waals surface area contributed by atoms with Gasteiger partial charge in [-0.2, -0.15) is 0 Å². The number of nitrogens with one attached hydrogen (secondary N) is 1. The highest BCUT2D eigenvalue weighted by Gasteiger charge is 2.34. The predicted octanol–water partition coefficient (Wildman–Crippen LogP) is 1.58. The number of carbonyl (C=O) groups excluding carboxylic acids is 2. The second kappa shape index (κ2) is 6.72. The summed E-state index contributed by atoms with van der Waals surface area (Å²) in [4.78, 5) is 26.3. The Morgan fingerprint density at radius 1 is 1.28 bits per heavy atom. The summed E-state index contributed by atoms with van der Waals surface area (Å²) >= 11 is 0. The van der Waals surface area contributed by atoms with Crippen LogP contribution < -0.4 is 5.32 Å². The van der Waals surface area contributed by atoms with Gasteiger partial charge < -0.3 is 19.7 Å². The van der Waals surface area contributed by atoms with Crippen LogP contribution in [0, 0.1) is 0 Å². The zero-order valence-corrected chi connectivity index (χ0v) is 14.4. The van der Waals surface area contributed by atoms with E-state index in [1.54, 1.807) is 24.0 Å². The molecule has 1 aromatic heterocycles. The summed E-state index contributed by atoms with van der Waals surface area (Å²) in [6.45, 7) is 3.46. The van der Waals surface area contributed by atoms with Crippen LogP contribution >= 0.6 is 0 Å². The maximum absolute atomic E-state index is 12.7. The molecule has 0 saturated heterocycles. The number of fused-ring (bicyclic) bond motifs is 1. The molecule has 0 spiro atoms. The number of hydrogen-bond donors (Lipinski definition) is 2. The molecule has 1 aliphatic rings. The molecule has 1 aromatic carbocycles. The highest BCUT2D eigenvalue weighted by atomic mass is 16.4. The van der Waals surface area contributed by atoms with Crippen LogP contribution in [-0.2, 0) is 28.2 Å². The minimum atomic E-state index is -1.31. The van der Waals surface area contributed by atoms with E-state index in [1.807, 2.05) is 24.3 Å². The number of rotatable bonds is 4. The van der Waals surface area contributed by atoms with E-state index in [1.165, 1.54) is 13.2 Å². The molecule has 2 heterocycles. The van der Waals surface area contributed by atoms with Gasteiger partial charge in [0.05, 0.1) is 12.8 Å². The monoisotopic (exact) mass is 342 g/mol. The Hall–Kier alpha value is -2.60. The fourth-order valence-electron chi connectivity index (χ4n) is 3.14. The lowest BCUT2D eigenvalue weighted by molar-refractivity contribution is -0.140. The average molecular weight is 342 g/mol. The highest BCUT2D eigenvalue weighted by Crippen LogP contribution is 2.24. The Labute approximate surface area is 146 Å². The summed E-state index contributed by atoms with van der Waals surface area (Å²) < 4.78 is 5.22. The first kappa shape index (κ1) is 17.2. The van der Waals surface area contributed by atoms with Crippen molar-refractivity contribution < 1.29 is 19.1 Å². The van der Waals surface area contributed by atoms with Crippen LogP contribution in [0.25, 0.3) is 0 Å². The lowest BCUT2D eigenvalue weighted by Crippen LogP contribution is -2.53. The predicted molar refractivity (Wildman–Crippen MR) is 91.4 cm³/mol. The van der Waals surface area contributed by atoms with Crippen LogP contribution in [-0.4, -0.2) is 34.4 Å². The van der Waals surface area contributed by atoms with Gasteiger partial charge in [-0.15, -0.1) is 0 Å². The Morgan fingerprint density at radius 2 is 2.00 bits per heavy atom. The van der Waals surface area contributed by atoms with Crippen molar-refractivity contribution >= 4 is 11.8 Å². The van der Waals surface area contributed by atoms with Crippen molar-refractivity contribution in [2.75, 3.05) is 6.54 Å². The fourth-order valence-corrected chi connectivity index (χ4v) is 3.14. The van der Waals surface area contributed by atoms with Crippen molar-refractivity contribution in [2.45, 2.75) is 38.5 Å². The number of nitrogens with zero attached hydrogens (tertiary/aromatic N) is 1. The molecular weight excluding hydrogens is 320 g/mol. The van der Waals surface area contributed by atoms with Crippen LogP contribution in [0.5, 0.6) is 0 Å². The van der Waals surface area contributed by atoms with Gasteiger partial charge in [-0.1, -0.05) is 24.3 Å². The molecule has 2 N–H and O–H groups in total. The van der Waals surface area contributed by atoms with Gasteiger partial charge in [0.25, 0.3) is 0 Å². The standard InChI is InChI=1S/C19H22N2O4/c1-13(22)21-11-15-7-4-3-6-14(15)10-16(21)18(23)20-12-19(2,24)17-8-5-9-25-17/h3-9,16,24H,10-12H2,1-2H3,(H,20,23). The quantitative estimate of drug-likeness (QED) is 0.884. The van der Waals surface area contributed by atoms with E-state index < -0.39 is 11.6 Å². The summed E-state index contributed by atoms with van der Waals surface area (Å²) in [6, 6.07) is 10.6. The lowest BCUT2D eigenvalue weighted by atomic mass is 9.93. The largest absolute Gasteiger partial charge is 0.466 e. The average Bonchev–Trinajstić information content (AvgIpc) is 3.14. The molecule has 132 valence electrons. The zero-order valence-electron chi connectivity index (χ0n) is 14.4. The molecule has 0 radical (unpaired) electrons. The van der Waals surface area contributed by atoms with Crippen LogP contribution in [0.2, 0.25) is 0 Å². The van der Waals surface area contributed by atoms with Gasteiger partial charge in [0, 0.05) is 19.9 Å². The minimum Gasteiger partial charge on any atom is -0.466 e. The molecule has 0 fully saturated rings. The summed E-state index contributed by atoms with van der Waals surface area (Å²) in [6.07, 6.45) is 1.94. The molecule has 2 amide bonds. The van der Waals surface area contributed by atoms with E-state index in [0.717, 1.165) is 11.1 Å². The molecule has 25 heavy (non-hydrogen) atoms. The van der Waals surface area contributed by atoms with Gasteiger partial charge in [-0.3, -0.25) is 9.59 Å². The Morgan fingerprint density at radius 3 is 2.64 bits per heavy atom. The number of benzene rings is 1. The first-order valence-corrected chi connectivity index (χ1v) is 8.26. The van der Waals surface area contributed by atoms with E-state index >= 15 is 0 Å². The maximum atomic E-state index is 12.7. The lowest BCUT2D eigenvalue weighted by Gasteiger charge is -2.36. The summed E-state index contributed by atoms with van der Waals surface area (Å²) in [5.41, 5.74) is 0.814. The molecule has 6 heteroatoms. The van der Waals surface area contributed by atoms with Gasteiger partial charge in [0.15, 0.2) is 0 Å². The number of carbonyl (C=O) groups is 2. The van der Waals surface area contributed by atoms with Crippen molar-refractivity contribution in [3.63, 3.8) is 0 Å². The molecule has 2 unspecified atom stereocenters. The number of hydrogen-bond acceptors (Lipinski definition) is 4. The van der Waals surface area contributed by atoms with Gasteiger partial charge in [0.2, 0.25) is 11.8 Å². The third-order valence-electron chi connectivity index (χ3n) is 4.61. The van der Waals surface area contributed by atoms with Crippen LogP contribution in [0.15, 0.2) is 47.1 Å². The number of amides is 2. The maximum Gasteiger partial charge on any atom is 0.243 e. The zero-order chi connectivity index (χ0) is 18.0. The topological polar surface area (TPSA) is 82.8 Å². The molecule has 0 bridgehead atoms. The number of furan rings is 1. The Bertz CT molecular complexity index is 767. The van der Waals surface area contributed by atoms with Crippen molar-refractivity contribution in [3.8, 4) is 0 Å². The fraction of sp³-hybridized carbons (Fsp3) is 0.368. The van der Waals surface area contributed by atoms with E-state index in [-0.39, 0.29) is 18.4 Å². The third-order valence-corrected chi connectivity index (χ3v) is 4.61. The first-order valence-electron chi connectivity index (χ1n) is 8.26. The van der Waals surface area contributed by atoms with Crippen LogP contribution in [0.1, 0.15) is 30.7 Å². The van der Waals surface area contributed by atoms with E-state index in [4.69, 9.17) is 4.42 Å². The van der Waals surface area contributed by atoms with Crippen molar-refractivity contribution in [1.29, 1.82) is 0 Å². The summed E-state index contributed by atoms with van der Waals surface area (Å²) in [5.74, 6) is -0.0470. The van der Waals surface area contributed by atoms with Gasteiger partial charge in [-0.05, 0) is 30.2 Å². The second-order valence-corrected chi connectivity index (χ2v) is 6.60. The molecular formula is C19H22N2O4. The molecule has 0 aliphatic carbocycles. The molecule has 2 aromatic rings. The van der Waals surface area contributed by atoms with E-state index in [9.17, 15) is 14.7 Å². The van der Waals surface area contributed by atoms with Gasteiger partial charge in [0.1, 0.15) is 17.4 Å². The Kier molecular flexibility index (Phi) is 4.63. The molecule has 6 nitrogen and oxygen atoms in total. The molecule has 1 aliphatic heterocycles. The van der Waals surface area contributed by atoms with Crippen LogP contribution in [0.3, 0.4) is 0 Å². The molecule has 0 saturated carbocycles. The second-order valence-electron chi connectivity index (χ2n) is 6.60. The first-order chi connectivity index (χ1) is 11.9. The van der Waals surface area contributed by atoms with Gasteiger partial charge in [-0.25, -0.2) is 0 Å². The molecule has 2 atom stereocenters. The van der Waals surface area contributed by atoms with Crippen molar-refractivity contribution in [1.82, 2.24) is 10.2 Å². The van der Waals surface area contributed by atoms with Crippen molar-refractivity contribution in [3.05, 3.63) is 59.5 Å². The van der Waals surface area contributed by atoms with E-state index in [0.29, 0.717) is 18.7 Å². The van der Waals surface area contributed by atoms with Gasteiger partial charge >= 0.3 is 0 Å². The Balaban J connectivity index is 1.73. The van der Waals surface area contributed by atoms with Crippen molar-refractivity contribution in [2.24, 2.45) is 0 Å². The summed E-state index contributed by atoms with van der Waals surface area (Å²) in [7, 11) is 0. The molecule has 3 rings (SSSR count). The van der Waals surface area contributed by atoms with Crippen LogP contribution in [0.4, 0.5) is 0 Å². The summed E-state index contributed by atoms with van der Waals surface area (Å²) in [5, 5.41) is 13.2. The third kappa shape index (κ3) is 3.58. The van der Waals surface area contributed by atoms with E-state index in [2.05, 4.69) is 5.32 Å². The number of aliphatic hydroxyl groups is 1. The normalized spacial score (nSPS) is 19.0. The highest BCUT2D eigenvalue weighted by molar-refractivity contribution is 5.87. The SMILES string of the molecule is CC(=O)N1Cc2ccccc2CC1C(=O)NCC(C)(O)c1ccco1. The smallest absolute Gasteiger partial charge is 0.243 e. The minimum absolute atomic E-state index is 0.00321.